The molecule has 16 heavy (non-hydrogen) atoms. The maximum Gasteiger partial charge on any atom is 0.108 e. The van der Waals surface area contributed by atoms with Gasteiger partial charge in [0.1, 0.15) is 5.82 Å². The van der Waals surface area contributed by atoms with E-state index in [2.05, 4.69) is 11.9 Å². The summed E-state index contributed by atoms with van der Waals surface area (Å²) in [7, 11) is 2.01. The third-order valence-electron chi connectivity index (χ3n) is 4.12. The lowest BCUT2D eigenvalue weighted by Gasteiger charge is -2.38. The summed E-state index contributed by atoms with van der Waals surface area (Å²) in [5.41, 5.74) is -0.454. The molecule has 2 unspecified atom stereocenters. The van der Waals surface area contributed by atoms with Gasteiger partial charge in [-0.2, -0.15) is 0 Å². The quantitative estimate of drug-likeness (QED) is 0.852. The predicted octanol–water partition coefficient (Wildman–Crippen LogP) is 2.29. The Balaban J connectivity index is 1.96. The SMILES string of the molecule is CC1CCCCC1(O)CCc1nccn1C. The van der Waals surface area contributed by atoms with Crippen LogP contribution in [0.2, 0.25) is 0 Å². The maximum absolute atomic E-state index is 10.6. The van der Waals surface area contributed by atoms with Gasteiger partial charge in [-0.25, -0.2) is 4.98 Å². The van der Waals surface area contributed by atoms with Gasteiger partial charge in [0.05, 0.1) is 5.60 Å². The van der Waals surface area contributed by atoms with Crippen molar-refractivity contribution >= 4 is 0 Å². The molecule has 0 amide bonds. The van der Waals surface area contributed by atoms with Crippen molar-refractivity contribution in [3.05, 3.63) is 18.2 Å². The molecule has 2 atom stereocenters. The topological polar surface area (TPSA) is 38.1 Å². The Morgan fingerprint density at radius 3 is 3.00 bits per heavy atom. The minimum absolute atomic E-state index is 0.432. The molecule has 3 heteroatoms. The number of aromatic nitrogens is 2. The summed E-state index contributed by atoms with van der Waals surface area (Å²) in [5.74, 6) is 1.51. The first-order valence-corrected chi connectivity index (χ1v) is 6.30. The van der Waals surface area contributed by atoms with E-state index < -0.39 is 5.60 Å². The standard InChI is InChI=1S/C13H22N2O/c1-11-5-3-4-7-13(11,16)8-6-12-14-9-10-15(12)2/h9-11,16H,3-8H2,1-2H3. The van der Waals surface area contributed by atoms with E-state index in [4.69, 9.17) is 0 Å². The van der Waals surface area contributed by atoms with E-state index >= 15 is 0 Å². The van der Waals surface area contributed by atoms with Gasteiger partial charge in [-0.05, 0) is 25.2 Å². The predicted molar refractivity (Wildman–Crippen MR) is 64.1 cm³/mol. The summed E-state index contributed by atoms with van der Waals surface area (Å²) in [6.45, 7) is 2.18. The molecule has 90 valence electrons. The van der Waals surface area contributed by atoms with Crippen molar-refractivity contribution in [3.63, 3.8) is 0 Å². The summed E-state index contributed by atoms with van der Waals surface area (Å²) in [5, 5.41) is 10.6. The molecule has 0 spiro atoms. The fourth-order valence-corrected chi connectivity index (χ4v) is 2.73. The van der Waals surface area contributed by atoms with Crippen LogP contribution < -0.4 is 0 Å². The lowest BCUT2D eigenvalue weighted by Crippen LogP contribution is -2.39. The fourth-order valence-electron chi connectivity index (χ4n) is 2.73. The van der Waals surface area contributed by atoms with Gasteiger partial charge in [-0.15, -0.1) is 0 Å². The van der Waals surface area contributed by atoms with Crippen LogP contribution in [0, 0.1) is 5.92 Å². The van der Waals surface area contributed by atoms with Crippen molar-refractivity contribution in [2.45, 2.75) is 51.0 Å². The molecule has 1 aromatic heterocycles. The zero-order valence-corrected chi connectivity index (χ0v) is 10.3. The Morgan fingerprint density at radius 2 is 2.38 bits per heavy atom. The molecule has 0 bridgehead atoms. The molecule has 0 radical (unpaired) electrons. The lowest BCUT2D eigenvalue weighted by molar-refractivity contribution is -0.0479. The minimum Gasteiger partial charge on any atom is -0.390 e. The highest BCUT2D eigenvalue weighted by Gasteiger charge is 2.35. The van der Waals surface area contributed by atoms with Crippen LogP contribution >= 0.6 is 0 Å². The van der Waals surface area contributed by atoms with Crippen LogP contribution in [0.1, 0.15) is 44.9 Å². The number of hydrogen-bond donors (Lipinski definition) is 1. The smallest absolute Gasteiger partial charge is 0.108 e. The second-order valence-electron chi connectivity index (χ2n) is 5.20. The molecule has 1 aliphatic carbocycles. The largest absolute Gasteiger partial charge is 0.390 e. The van der Waals surface area contributed by atoms with Crippen LogP contribution in [0.5, 0.6) is 0 Å². The molecular weight excluding hydrogens is 200 g/mol. The first-order valence-electron chi connectivity index (χ1n) is 6.30. The molecule has 3 nitrogen and oxygen atoms in total. The summed E-state index contributed by atoms with van der Waals surface area (Å²) in [4.78, 5) is 4.31. The molecule has 0 saturated heterocycles. The zero-order valence-electron chi connectivity index (χ0n) is 10.3. The van der Waals surface area contributed by atoms with Gasteiger partial charge >= 0.3 is 0 Å². The van der Waals surface area contributed by atoms with Gasteiger partial charge in [-0.1, -0.05) is 19.8 Å². The molecule has 0 aromatic carbocycles. The molecule has 2 rings (SSSR count). The van der Waals surface area contributed by atoms with Crippen LogP contribution in [-0.2, 0) is 13.5 Å². The van der Waals surface area contributed by atoms with Crippen molar-refractivity contribution in [2.75, 3.05) is 0 Å². The molecule has 1 heterocycles. The summed E-state index contributed by atoms with van der Waals surface area (Å²) in [6.07, 6.45) is 10.1. The molecule has 0 aliphatic heterocycles. The van der Waals surface area contributed by atoms with Gasteiger partial charge in [0.15, 0.2) is 0 Å². The Kier molecular flexibility index (Phi) is 3.33. The Hall–Kier alpha value is -0.830. The van der Waals surface area contributed by atoms with E-state index in [1.807, 2.05) is 24.0 Å². The third-order valence-corrected chi connectivity index (χ3v) is 4.12. The summed E-state index contributed by atoms with van der Waals surface area (Å²) < 4.78 is 2.04. The molecule has 1 fully saturated rings. The normalized spacial score (nSPS) is 30.6. The van der Waals surface area contributed by atoms with E-state index in [1.165, 1.54) is 12.8 Å². The Morgan fingerprint density at radius 1 is 1.56 bits per heavy atom. The van der Waals surface area contributed by atoms with Crippen molar-refractivity contribution in [1.29, 1.82) is 0 Å². The second kappa shape index (κ2) is 4.58. The van der Waals surface area contributed by atoms with E-state index in [-0.39, 0.29) is 0 Å². The van der Waals surface area contributed by atoms with Crippen molar-refractivity contribution in [1.82, 2.24) is 9.55 Å². The zero-order chi connectivity index (χ0) is 11.6. The summed E-state index contributed by atoms with van der Waals surface area (Å²) in [6, 6.07) is 0. The minimum atomic E-state index is -0.454. The van der Waals surface area contributed by atoms with Gasteiger partial charge in [0.2, 0.25) is 0 Å². The highest BCUT2D eigenvalue weighted by molar-refractivity contribution is 4.96. The number of imidazole rings is 1. The van der Waals surface area contributed by atoms with Crippen LogP contribution in [0.25, 0.3) is 0 Å². The van der Waals surface area contributed by atoms with Crippen LogP contribution in [0.15, 0.2) is 12.4 Å². The highest BCUT2D eigenvalue weighted by Crippen LogP contribution is 2.36. The lowest BCUT2D eigenvalue weighted by atomic mass is 9.74. The monoisotopic (exact) mass is 222 g/mol. The number of aryl methyl sites for hydroxylation is 2. The van der Waals surface area contributed by atoms with Crippen LogP contribution in [0.4, 0.5) is 0 Å². The first-order chi connectivity index (χ1) is 7.62. The molecule has 1 N–H and O–H groups in total. The third kappa shape index (κ3) is 2.29. The summed E-state index contributed by atoms with van der Waals surface area (Å²) >= 11 is 0. The van der Waals surface area contributed by atoms with E-state index in [1.54, 1.807) is 0 Å². The van der Waals surface area contributed by atoms with Crippen molar-refractivity contribution in [2.24, 2.45) is 13.0 Å². The molecule has 1 saturated carbocycles. The average molecular weight is 222 g/mol. The second-order valence-corrected chi connectivity index (χ2v) is 5.20. The fraction of sp³-hybridized carbons (Fsp3) is 0.769. The van der Waals surface area contributed by atoms with Crippen LogP contribution in [0.3, 0.4) is 0 Å². The first kappa shape index (κ1) is 11.6. The number of rotatable bonds is 3. The highest BCUT2D eigenvalue weighted by atomic mass is 16.3. The Labute approximate surface area is 97.5 Å². The maximum atomic E-state index is 10.6. The van der Waals surface area contributed by atoms with E-state index in [9.17, 15) is 5.11 Å². The van der Waals surface area contributed by atoms with E-state index in [0.29, 0.717) is 5.92 Å². The van der Waals surface area contributed by atoms with Gasteiger partial charge in [0, 0.05) is 25.9 Å². The molecular formula is C13H22N2O. The number of aliphatic hydroxyl groups is 1. The van der Waals surface area contributed by atoms with Crippen molar-refractivity contribution in [3.8, 4) is 0 Å². The van der Waals surface area contributed by atoms with Gasteiger partial charge in [0.25, 0.3) is 0 Å². The number of nitrogens with zero attached hydrogens (tertiary/aromatic N) is 2. The van der Waals surface area contributed by atoms with Gasteiger partial charge < -0.3 is 9.67 Å². The van der Waals surface area contributed by atoms with E-state index in [0.717, 1.165) is 31.5 Å². The van der Waals surface area contributed by atoms with Gasteiger partial charge in [-0.3, -0.25) is 0 Å². The van der Waals surface area contributed by atoms with Crippen LogP contribution in [-0.4, -0.2) is 20.3 Å². The van der Waals surface area contributed by atoms with Crippen molar-refractivity contribution < 1.29 is 5.11 Å². The average Bonchev–Trinajstić information content (AvgIpc) is 2.66. The molecule has 1 aromatic rings. The Bertz CT molecular complexity index is 347. The number of hydrogen-bond acceptors (Lipinski definition) is 2. The molecule has 1 aliphatic rings.